The molecule has 8 nitrogen and oxygen atoms in total. The van der Waals surface area contributed by atoms with Crippen LogP contribution in [0.25, 0.3) is 22.3 Å². The van der Waals surface area contributed by atoms with Crippen molar-refractivity contribution < 1.29 is 40.7 Å². The summed E-state index contributed by atoms with van der Waals surface area (Å²) in [6.45, 7) is -0.244. The Morgan fingerprint density at radius 2 is 1.73 bits per heavy atom. The minimum Gasteiger partial charge on any atom is -0.406 e. The number of halogens is 7. The SMILES string of the molecule is CNc1nc(-c2cccc(OC(F)(F)F)c2)nc2cc(NC(=O)c3cc(CNC(=O)C4(C(F)(F)F)CC4)ccc3Cl)ccc12. The summed E-state index contributed by atoms with van der Waals surface area (Å²) < 4.78 is 81.8. The molecule has 44 heavy (non-hydrogen) atoms. The van der Waals surface area contributed by atoms with E-state index in [1.165, 1.54) is 36.4 Å². The Balaban J connectivity index is 1.36. The van der Waals surface area contributed by atoms with Crippen molar-refractivity contribution in [3.05, 3.63) is 76.8 Å². The van der Waals surface area contributed by atoms with Crippen LogP contribution in [0.15, 0.2) is 60.7 Å². The summed E-state index contributed by atoms with van der Waals surface area (Å²) in [6.07, 6.45) is -10.1. The fourth-order valence-corrected chi connectivity index (χ4v) is 4.73. The van der Waals surface area contributed by atoms with E-state index < -0.39 is 35.5 Å². The lowest BCUT2D eigenvalue weighted by molar-refractivity contribution is -0.274. The molecule has 3 aromatic carbocycles. The van der Waals surface area contributed by atoms with Gasteiger partial charge in [0, 0.05) is 30.2 Å². The first-order chi connectivity index (χ1) is 20.7. The van der Waals surface area contributed by atoms with Crippen LogP contribution in [0.3, 0.4) is 0 Å². The van der Waals surface area contributed by atoms with Gasteiger partial charge in [0.2, 0.25) is 5.91 Å². The van der Waals surface area contributed by atoms with Crippen LogP contribution in [0.2, 0.25) is 5.02 Å². The molecule has 1 aliphatic carbocycles. The Labute approximate surface area is 250 Å². The van der Waals surface area contributed by atoms with E-state index in [0.717, 1.165) is 12.1 Å². The molecule has 2 amide bonds. The van der Waals surface area contributed by atoms with E-state index in [1.54, 1.807) is 19.2 Å². The predicted molar refractivity (Wildman–Crippen MR) is 150 cm³/mol. The average molecular weight is 638 g/mol. The van der Waals surface area contributed by atoms with E-state index in [2.05, 4.69) is 30.7 Å². The molecule has 15 heteroatoms. The van der Waals surface area contributed by atoms with Crippen molar-refractivity contribution in [2.75, 3.05) is 17.7 Å². The largest absolute Gasteiger partial charge is 0.573 e. The molecule has 0 unspecified atom stereocenters. The summed E-state index contributed by atoms with van der Waals surface area (Å²) >= 11 is 6.23. The topological polar surface area (TPSA) is 105 Å². The molecule has 0 aliphatic heterocycles. The van der Waals surface area contributed by atoms with E-state index in [4.69, 9.17) is 11.6 Å². The van der Waals surface area contributed by atoms with Gasteiger partial charge < -0.3 is 20.7 Å². The molecule has 0 saturated heterocycles. The number of fused-ring (bicyclic) bond motifs is 1. The van der Waals surface area contributed by atoms with Gasteiger partial charge in [0.15, 0.2) is 5.82 Å². The van der Waals surface area contributed by atoms with E-state index in [1.807, 2.05) is 0 Å². The molecule has 1 heterocycles. The van der Waals surface area contributed by atoms with Crippen LogP contribution in [0.1, 0.15) is 28.8 Å². The second-order valence-electron chi connectivity index (χ2n) is 9.98. The molecule has 0 bridgehead atoms. The Bertz CT molecular complexity index is 1760. The third-order valence-corrected chi connectivity index (χ3v) is 7.30. The lowest BCUT2D eigenvalue weighted by Crippen LogP contribution is -2.40. The third-order valence-electron chi connectivity index (χ3n) is 6.97. The van der Waals surface area contributed by atoms with Crippen molar-refractivity contribution >= 4 is 45.8 Å². The number of benzene rings is 3. The normalized spacial score (nSPS) is 14.2. The molecule has 0 atom stereocenters. The number of carbonyl (C=O) groups excluding carboxylic acids is 2. The molecule has 4 aromatic rings. The smallest absolute Gasteiger partial charge is 0.406 e. The first-order valence-electron chi connectivity index (χ1n) is 13.0. The van der Waals surface area contributed by atoms with Gasteiger partial charge in [0.1, 0.15) is 17.0 Å². The molecule has 1 fully saturated rings. The third kappa shape index (κ3) is 6.49. The van der Waals surface area contributed by atoms with Crippen LogP contribution < -0.4 is 20.7 Å². The number of anilines is 2. The molecule has 1 saturated carbocycles. The average Bonchev–Trinajstić information content (AvgIpc) is 3.78. The van der Waals surface area contributed by atoms with Gasteiger partial charge in [-0.15, -0.1) is 13.2 Å². The number of ether oxygens (including phenoxy) is 1. The number of rotatable bonds is 8. The van der Waals surface area contributed by atoms with Crippen molar-refractivity contribution in [1.29, 1.82) is 0 Å². The molecule has 0 spiro atoms. The highest BCUT2D eigenvalue weighted by molar-refractivity contribution is 6.34. The predicted octanol–water partition coefficient (Wildman–Crippen LogP) is 7.10. The number of aromatic nitrogens is 2. The molecule has 230 valence electrons. The number of hydrogen-bond donors (Lipinski definition) is 3. The number of hydrogen-bond acceptors (Lipinski definition) is 6. The van der Waals surface area contributed by atoms with Crippen molar-refractivity contribution in [2.45, 2.75) is 31.9 Å². The lowest BCUT2D eigenvalue weighted by Gasteiger charge is -2.18. The highest BCUT2D eigenvalue weighted by Gasteiger charge is 2.68. The van der Waals surface area contributed by atoms with Gasteiger partial charge in [-0.05, 0) is 60.9 Å². The van der Waals surface area contributed by atoms with Crippen LogP contribution in [0.5, 0.6) is 5.75 Å². The van der Waals surface area contributed by atoms with E-state index in [0.29, 0.717) is 28.0 Å². The van der Waals surface area contributed by atoms with Crippen molar-refractivity contribution in [3.8, 4) is 17.1 Å². The van der Waals surface area contributed by atoms with Gasteiger partial charge in [-0.1, -0.05) is 29.8 Å². The second-order valence-corrected chi connectivity index (χ2v) is 10.4. The highest BCUT2D eigenvalue weighted by atomic mass is 35.5. The van der Waals surface area contributed by atoms with Gasteiger partial charge in [-0.25, -0.2) is 9.97 Å². The highest BCUT2D eigenvalue weighted by Crippen LogP contribution is 2.57. The van der Waals surface area contributed by atoms with Gasteiger partial charge >= 0.3 is 12.5 Å². The van der Waals surface area contributed by atoms with Gasteiger partial charge in [0.05, 0.1) is 16.1 Å². The standard InChI is InChI=1S/C29H22ClF6N5O3/c1-37-24-19-7-6-17(13-22(19)40-23(41-24)16-3-2-4-18(12-16)44-29(34,35)36)39-25(42)20-11-15(5-8-21(20)30)14-38-26(43)27(9-10-27)28(31,32)33/h2-8,11-13H,9-10,14H2,1H3,(H,38,43)(H,39,42)(H,37,40,41). The van der Waals surface area contributed by atoms with Crippen molar-refractivity contribution in [3.63, 3.8) is 0 Å². The van der Waals surface area contributed by atoms with Crippen LogP contribution >= 0.6 is 11.6 Å². The Morgan fingerprint density at radius 3 is 2.39 bits per heavy atom. The summed E-state index contributed by atoms with van der Waals surface area (Å²) in [7, 11) is 1.61. The zero-order chi connectivity index (χ0) is 31.9. The van der Waals surface area contributed by atoms with Crippen molar-refractivity contribution in [2.24, 2.45) is 5.41 Å². The number of carbonyl (C=O) groups is 2. The number of alkyl halides is 6. The van der Waals surface area contributed by atoms with E-state index in [9.17, 15) is 35.9 Å². The first kappa shape index (κ1) is 30.9. The van der Waals surface area contributed by atoms with Crippen LogP contribution in [-0.4, -0.2) is 41.4 Å². The zero-order valence-corrected chi connectivity index (χ0v) is 23.4. The maximum Gasteiger partial charge on any atom is 0.573 e. The molecule has 5 rings (SSSR count). The van der Waals surface area contributed by atoms with Gasteiger partial charge in [-0.3, -0.25) is 9.59 Å². The number of amides is 2. The molecule has 3 N–H and O–H groups in total. The monoisotopic (exact) mass is 637 g/mol. The number of nitrogens with zero attached hydrogens (tertiary/aromatic N) is 2. The summed E-state index contributed by atoms with van der Waals surface area (Å²) in [6, 6.07) is 14.1. The first-order valence-corrected chi connectivity index (χ1v) is 13.4. The van der Waals surface area contributed by atoms with Crippen LogP contribution in [0.4, 0.5) is 37.8 Å². The molecular weight excluding hydrogens is 616 g/mol. The van der Waals surface area contributed by atoms with Gasteiger partial charge in [0.25, 0.3) is 5.91 Å². The summed E-state index contributed by atoms with van der Waals surface area (Å²) in [5.74, 6) is -1.74. The van der Waals surface area contributed by atoms with Crippen LogP contribution in [0, 0.1) is 5.41 Å². The Hall–Kier alpha value is -4.59. The fourth-order valence-electron chi connectivity index (χ4n) is 4.53. The number of nitrogens with one attached hydrogen (secondary N) is 3. The summed E-state index contributed by atoms with van der Waals surface area (Å²) in [5, 5.41) is 8.51. The molecule has 1 aromatic heterocycles. The lowest BCUT2D eigenvalue weighted by atomic mass is 10.1. The minimum atomic E-state index is -4.88. The van der Waals surface area contributed by atoms with E-state index in [-0.39, 0.29) is 41.4 Å². The van der Waals surface area contributed by atoms with E-state index >= 15 is 0 Å². The maximum atomic E-state index is 13.2. The summed E-state index contributed by atoms with van der Waals surface area (Å²) in [5.41, 5.74) is -1.11. The Morgan fingerprint density at radius 1 is 0.977 bits per heavy atom. The molecule has 1 aliphatic rings. The zero-order valence-electron chi connectivity index (χ0n) is 22.7. The molecule has 0 radical (unpaired) electrons. The Kier molecular flexibility index (Phi) is 8.05. The minimum absolute atomic E-state index is 0.0104. The summed E-state index contributed by atoms with van der Waals surface area (Å²) in [4.78, 5) is 34.2. The second kappa shape index (κ2) is 11.5. The van der Waals surface area contributed by atoms with Crippen LogP contribution in [-0.2, 0) is 11.3 Å². The van der Waals surface area contributed by atoms with Gasteiger partial charge in [-0.2, -0.15) is 13.2 Å². The molecular formula is C29H22ClF6N5O3. The van der Waals surface area contributed by atoms with Crippen molar-refractivity contribution in [1.82, 2.24) is 15.3 Å². The fraction of sp³-hybridized carbons (Fsp3) is 0.241. The quantitative estimate of drug-likeness (QED) is 0.178. The maximum absolute atomic E-state index is 13.2.